The molecule has 1 saturated heterocycles. The van der Waals surface area contributed by atoms with Crippen molar-refractivity contribution in [1.29, 1.82) is 0 Å². The Kier molecular flexibility index (Phi) is 3.66. The van der Waals surface area contributed by atoms with Gasteiger partial charge in [-0.05, 0) is 37.9 Å². The van der Waals surface area contributed by atoms with Gasteiger partial charge in [0.05, 0.1) is 11.2 Å². The first-order chi connectivity index (χ1) is 8.04. The molecule has 1 amide bonds. The summed E-state index contributed by atoms with van der Waals surface area (Å²) in [5.41, 5.74) is 0. The van der Waals surface area contributed by atoms with Gasteiger partial charge in [0, 0.05) is 13.1 Å². The number of rotatable bonds is 4. The average molecular weight is 257 g/mol. The minimum atomic E-state index is -0.742. The normalized spacial score (nSPS) is 30.4. The Labute approximate surface area is 106 Å². The van der Waals surface area contributed by atoms with E-state index in [-0.39, 0.29) is 23.0 Å². The lowest BCUT2D eigenvalue weighted by atomic mass is 9.92. The van der Waals surface area contributed by atoms with Crippen LogP contribution in [0, 0.1) is 17.8 Å². The third-order valence-electron chi connectivity index (χ3n) is 3.92. The molecule has 2 aliphatic rings. The summed E-state index contributed by atoms with van der Waals surface area (Å²) in [5.74, 6) is -0.273. The smallest absolute Gasteiger partial charge is 0.308 e. The maximum Gasteiger partial charge on any atom is 0.308 e. The van der Waals surface area contributed by atoms with Gasteiger partial charge in [-0.3, -0.25) is 9.59 Å². The van der Waals surface area contributed by atoms with E-state index in [4.69, 9.17) is 0 Å². The number of hydrogen-bond donors (Lipinski definition) is 1. The van der Waals surface area contributed by atoms with E-state index in [1.165, 1.54) is 11.8 Å². The van der Waals surface area contributed by atoms with Crippen molar-refractivity contribution in [2.75, 3.05) is 19.3 Å². The topological polar surface area (TPSA) is 57.6 Å². The summed E-state index contributed by atoms with van der Waals surface area (Å²) in [6.45, 7) is 2.93. The first-order valence-electron chi connectivity index (χ1n) is 6.09. The zero-order chi connectivity index (χ0) is 12.6. The summed E-state index contributed by atoms with van der Waals surface area (Å²) in [6.07, 6.45) is 4.18. The van der Waals surface area contributed by atoms with Crippen molar-refractivity contribution in [2.24, 2.45) is 17.8 Å². The Morgan fingerprint density at radius 3 is 2.47 bits per heavy atom. The van der Waals surface area contributed by atoms with Crippen LogP contribution in [0.3, 0.4) is 0 Å². The molecule has 2 rings (SSSR count). The largest absolute Gasteiger partial charge is 0.481 e. The Morgan fingerprint density at radius 1 is 1.35 bits per heavy atom. The lowest BCUT2D eigenvalue weighted by molar-refractivity contribution is -0.142. The van der Waals surface area contributed by atoms with Crippen LogP contribution in [0.5, 0.6) is 0 Å². The van der Waals surface area contributed by atoms with E-state index in [1.54, 1.807) is 4.90 Å². The molecule has 1 N–H and O–H groups in total. The number of likely N-dealkylation sites (tertiary alicyclic amines) is 1. The van der Waals surface area contributed by atoms with E-state index >= 15 is 0 Å². The maximum atomic E-state index is 12.0. The van der Waals surface area contributed by atoms with Gasteiger partial charge in [0.25, 0.3) is 0 Å². The summed E-state index contributed by atoms with van der Waals surface area (Å²) in [7, 11) is 0. The van der Waals surface area contributed by atoms with E-state index in [0.29, 0.717) is 19.0 Å². The van der Waals surface area contributed by atoms with Crippen LogP contribution in [0.25, 0.3) is 0 Å². The van der Waals surface area contributed by atoms with Crippen molar-refractivity contribution in [2.45, 2.75) is 25.0 Å². The molecule has 17 heavy (non-hydrogen) atoms. The number of carbonyl (C=O) groups is 2. The average Bonchev–Trinajstić information content (AvgIpc) is 3.05. The highest BCUT2D eigenvalue weighted by Gasteiger charge is 2.47. The summed E-state index contributed by atoms with van der Waals surface area (Å²) in [6, 6.07) is 0. The second kappa shape index (κ2) is 4.88. The molecular weight excluding hydrogens is 238 g/mol. The zero-order valence-corrected chi connectivity index (χ0v) is 11.1. The van der Waals surface area contributed by atoms with Crippen molar-refractivity contribution in [3.05, 3.63) is 0 Å². The molecule has 4 nitrogen and oxygen atoms in total. The summed E-state index contributed by atoms with van der Waals surface area (Å²) in [4.78, 5) is 25.0. The highest BCUT2D eigenvalue weighted by Crippen LogP contribution is 2.44. The molecule has 3 atom stereocenters. The lowest BCUT2D eigenvalue weighted by Gasteiger charge is -2.19. The number of amides is 1. The predicted octanol–water partition coefficient (Wildman–Crippen LogP) is 1.31. The van der Waals surface area contributed by atoms with Gasteiger partial charge < -0.3 is 10.0 Å². The molecule has 96 valence electrons. The minimum absolute atomic E-state index is 0.0672. The second-order valence-electron chi connectivity index (χ2n) is 5.07. The van der Waals surface area contributed by atoms with Crippen molar-refractivity contribution < 1.29 is 14.7 Å². The van der Waals surface area contributed by atoms with Crippen molar-refractivity contribution in [3.63, 3.8) is 0 Å². The first-order valence-corrected chi connectivity index (χ1v) is 7.37. The SMILES string of the molecule is CSC(C)C(=O)N1C[C@H](C(=O)O)[C@@H](C2CC2)C1. The molecule has 1 aliphatic heterocycles. The number of carbonyl (C=O) groups excluding carboxylic acids is 1. The Morgan fingerprint density at radius 2 is 2.00 bits per heavy atom. The Bertz CT molecular complexity index is 330. The molecule has 0 aromatic heterocycles. The third-order valence-corrected chi connectivity index (χ3v) is 4.83. The molecule has 0 spiro atoms. The van der Waals surface area contributed by atoms with Gasteiger partial charge in [0.1, 0.15) is 0 Å². The maximum absolute atomic E-state index is 12.0. The van der Waals surface area contributed by atoms with Gasteiger partial charge in [-0.2, -0.15) is 11.8 Å². The third kappa shape index (κ3) is 2.59. The molecule has 1 unspecified atom stereocenters. The number of nitrogens with zero attached hydrogens (tertiary/aromatic N) is 1. The number of aliphatic carboxylic acids is 1. The van der Waals surface area contributed by atoms with Crippen molar-refractivity contribution in [3.8, 4) is 0 Å². The highest BCUT2D eigenvalue weighted by molar-refractivity contribution is 7.99. The molecule has 1 saturated carbocycles. The molecule has 5 heteroatoms. The Balaban J connectivity index is 2.03. The van der Waals surface area contributed by atoms with Gasteiger partial charge >= 0.3 is 5.97 Å². The first kappa shape index (κ1) is 12.7. The van der Waals surface area contributed by atoms with Crippen LogP contribution in [0.4, 0.5) is 0 Å². The number of carboxylic acids is 1. The van der Waals surface area contributed by atoms with Gasteiger partial charge in [0.2, 0.25) is 5.91 Å². The summed E-state index contributed by atoms with van der Waals surface area (Å²) in [5, 5.41) is 9.15. The predicted molar refractivity (Wildman–Crippen MR) is 66.9 cm³/mol. The van der Waals surface area contributed by atoms with Crippen LogP contribution >= 0.6 is 11.8 Å². The van der Waals surface area contributed by atoms with Gasteiger partial charge in [-0.25, -0.2) is 0 Å². The van der Waals surface area contributed by atoms with E-state index < -0.39 is 5.97 Å². The highest BCUT2D eigenvalue weighted by atomic mass is 32.2. The quantitative estimate of drug-likeness (QED) is 0.825. The molecule has 0 aromatic carbocycles. The summed E-state index contributed by atoms with van der Waals surface area (Å²) >= 11 is 1.52. The second-order valence-corrected chi connectivity index (χ2v) is 6.25. The van der Waals surface area contributed by atoms with Gasteiger partial charge in [-0.1, -0.05) is 0 Å². The molecule has 0 bridgehead atoms. The lowest BCUT2D eigenvalue weighted by Crippen LogP contribution is -2.35. The minimum Gasteiger partial charge on any atom is -0.481 e. The van der Waals surface area contributed by atoms with Crippen LogP contribution in [0.2, 0.25) is 0 Å². The zero-order valence-electron chi connectivity index (χ0n) is 10.3. The molecule has 0 radical (unpaired) electrons. The molecular formula is C12H19NO3S. The van der Waals surface area contributed by atoms with Gasteiger partial charge in [0.15, 0.2) is 0 Å². The molecule has 0 aromatic rings. The fourth-order valence-electron chi connectivity index (χ4n) is 2.63. The summed E-state index contributed by atoms with van der Waals surface area (Å²) < 4.78 is 0. The van der Waals surface area contributed by atoms with Crippen LogP contribution in [-0.2, 0) is 9.59 Å². The van der Waals surface area contributed by atoms with Crippen LogP contribution < -0.4 is 0 Å². The van der Waals surface area contributed by atoms with Crippen LogP contribution in [0.1, 0.15) is 19.8 Å². The van der Waals surface area contributed by atoms with E-state index in [2.05, 4.69) is 0 Å². The molecule has 2 fully saturated rings. The number of hydrogen-bond acceptors (Lipinski definition) is 3. The van der Waals surface area contributed by atoms with Gasteiger partial charge in [-0.15, -0.1) is 0 Å². The van der Waals surface area contributed by atoms with Crippen LogP contribution in [0.15, 0.2) is 0 Å². The van der Waals surface area contributed by atoms with E-state index in [1.807, 2.05) is 13.2 Å². The molecule has 1 aliphatic carbocycles. The standard InChI is InChI=1S/C12H19NO3S/c1-7(17-2)11(14)13-5-9(8-3-4-8)10(6-13)12(15)16/h7-10H,3-6H2,1-2H3,(H,15,16)/t7?,9-,10+/m1/s1. The number of carboxylic acid groups (broad SMARTS) is 1. The van der Waals surface area contributed by atoms with E-state index in [0.717, 1.165) is 12.8 Å². The van der Waals surface area contributed by atoms with E-state index in [9.17, 15) is 14.7 Å². The number of thioether (sulfide) groups is 1. The van der Waals surface area contributed by atoms with Crippen molar-refractivity contribution in [1.82, 2.24) is 4.90 Å². The van der Waals surface area contributed by atoms with Crippen molar-refractivity contribution >= 4 is 23.6 Å². The Hall–Kier alpha value is -0.710. The monoisotopic (exact) mass is 257 g/mol. The fourth-order valence-corrected chi connectivity index (χ4v) is 2.98. The van der Waals surface area contributed by atoms with Crippen LogP contribution in [-0.4, -0.2) is 46.5 Å². The fraction of sp³-hybridized carbons (Fsp3) is 0.833. The molecule has 1 heterocycles.